The minimum absolute atomic E-state index is 0.264. The van der Waals surface area contributed by atoms with Crippen molar-refractivity contribution in [3.63, 3.8) is 0 Å². The van der Waals surface area contributed by atoms with Crippen molar-refractivity contribution in [3.8, 4) is 5.75 Å². The van der Waals surface area contributed by atoms with Crippen LogP contribution in [0.25, 0.3) is 0 Å². The van der Waals surface area contributed by atoms with Gasteiger partial charge in [0.05, 0.1) is 0 Å². The van der Waals surface area contributed by atoms with Crippen LogP contribution in [0.4, 0.5) is 4.39 Å². The number of nitrogens with zero attached hydrogens (tertiary/aromatic N) is 2. The van der Waals surface area contributed by atoms with Crippen molar-refractivity contribution in [2.45, 2.75) is 25.4 Å². The molecular formula is C14H17FN2O2. The number of amides is 1. The molecule has 2 saturated heterocycles. The molecule has 0 radical (unpaired) electrons. The predicted molar refractivity (Wildman–Crippen MR) is 68.1 cm³/mol. The Morgan fingerprint density at radius 1 is 1.37 bits per heavy atom. The van der Waals surface area contributed by atoms with E-state index in [9.17, 15) is 9.18 Å². The van der Waals surface area contributed by atoms with E-state index in [1.807, 2.05) is 4.90 Å². The second-order valence-electron chi connectivity index (χ2n) is 5.30. The van der Waals surface area contributed by atoms with Gasteiger partial charge in [-0.1, -0.05) is 6.07 Å². The van der Waals surface area contributed by atoms with Gasteiger partial charge in [-0.3, -0.25) is 9.69 Å². The molecule has 102 valence electrons. The van der Waals surface area contributed by atoms with Crippen molar-refractivity contribution in [1.82, 2.24) is 9.80 Å². The Hall–Kier alpha value is -1.62. The Morgan fingerprint density at radius 2 is 2.21 bits per heavy atom. The number of carbonyl (C=O) groups excluding carboxylic acids is 1. The number of hydrogen-bond acceptors (Lipinski definition) is 3. The molecule has 2 heterocycles. The van der Waals surface area contributed by atoms with E-state index in [2.05, 4.69) is 4.90 Å². The summed E-state index contributed by atoms with van der Waals surface area (Å²) in [5, 5.41) is 9.17. The zero-order valence-corrected chi connectivity index (χ0v) is 10.7. The molecule has 5 heteroatoms. The molecule has 1 aromatic carbocycles. The highest BCUT2D eigenvalue weighted by atomic mass is 19.1. The van der Waals surface area contributed by atoms with Crippen LogP contribution in [0, 0.1) is 5.82 Å². The van der Waals surface area contributed by atoms with Gasteiger partial charge in [-0.2, -0.15) is 0 Å². The number of phenols is 1. The van der Waals surface area contributed by atoms with Gasteiger partial charge in [0.1, 0.15) is 0 Å². The molecule has 0 bridgehead atoms. The molecule has 2 aliphatic heterocycles. The van der Waals surface area contributed by atoms with E-state index in [0.29, 0.717) is 19.0 Å². The van der Waals surface area contributed by atoms with Gasteiger partial charge in [-0.25, -0.2) is 4.39 Å². The maximum atomic E-state index is 13.3. The first-order chi connectivity index (χ1) is 9.13. The van der Waals surface area contributed by atoms with Gasteiger partial charge >= 0.3 is 0 Å². The summed E-state index contributed by atoms with van der Waals surface area (Å²) in [6.45, 7) is 3.11. The lowest BCUT2D eigenvalue weighted by Gasteiger charge is -2.37. The van der Waals surface area contributed by atoms with Crippen molar-refractivity contribution < 1.29 is 14.3 Å². The molecule has 2 fully saturated rings. The molecule has 1 aromatic rings. The first-order valence-electron chi connectivity index (χ1n) is 6.63. The second-order valence-corrected chi connectivity index (χ2v) is 5.30. The molecule has 3 rings (SSSR count). The number of carbonyl (C=O) groups is 1. The zero-order valence-electron chi connectivity index (χ0n) is 10.7. The predicted octanol–water partition coefficient (Wildman–Crippen LogP) is 1.34. The summed E-state index contributed by atoms with van der Waals surface area (Å²) in [6.07, 6.45) is 1.59. The van der Waals surface area contributed by atoms with Crippen LogP contribution in [-0.2, 0) is 11.3 Å². The van der Waals surface area contributed by atoms with Gasteiger partial charge in [0.15, 0.2) is 11.6 Å². The second kappa shape index (κ2) is 4.81. The third-order valence-electron chi connectivity index (χ3n) is 4.00. The molecule has 19 heavy (non-hydrogen) atoms. The lowest BCUT2D eigenvalue weighted by atomic mass is 10.1. The van der Waals surface area contributed by atoms with Crippen molar-refractivity contribution in [1.29, 1.82) is 0 Å². The Bertz CT molecular complexity index is 506. The van der Waals surface area contributed by atoms with Crippen molar-refractivity contribution in [3.05, 3.63) is 29.6 Å². The normalized spacial score (nSPS) is 23.7. The fourth-order valence-electron chi connectivity index (χ4n) is 2.98. The highest BCUT2D eigenvalue weighted by Gasteiger charge is 2.35. The van der Waals surface area contributed by atoms with E-state index in [4.69, 9.17) is 5.11 Å². The highest BCUT2D eigenvalue weighted by Crippen LogP contribution is 2.24. The zero-order chi connectivity index (χ0) is 13.4. The molecule has 1 atom stereocenters. The largest absolute Gasteiger partial charge is 0.505 e. The number of fused-ring (bicyclic) bond motifs is 1. The summed E-state index contributed by atoms with van der Waals surface area (Å²) in [4.78, 5) is 15.8. The van der Waals surface area contributed by atoms with Crippen molar-refractivity contribution >= 4 is 5.91 Å². The van der Waals surface area contributed by atoms with Crippen LogP contribution in [0.5, 0.6) is 5.75 Å². The maximum Gasteiger partial charge on any atom is 0.222 e. The van der Waals surface area contributed by atoms with Gasteiger partial charge in [-0.05, 0) is 24.1 Å². The summed E-state index contributed by atoms with van der Waals surface area (Å²) in [6, 6.07) is 4.83. The quantitative estimate of drug-likeness (QED) is 0.876. The fraction of sp³-hybridized carbons (Fsp3) is 0.500. The fourth-order valence-corrected chi connectivity index (χ4v) is 2.98. The van der Waals surface area contributed by atoms with E-state index in [0.717, 1.165) is 31.6 Å². The molecule has 2 aliphatic rings. The molecule has 1 N–H and O–H groups in total. The van der Waals surface area contributed by atoms with Crippen LogP contribution in [-0.4, -0.2) is 46.5 Å². The Balaban J connectivity index is 1.65. The summed E-state index contributed by atoms with van der Waals surface area (Å²) >= 11 is 0. The van der Waals surface area contributed by atoms with Crippen LogP contribution in [0.3, 0.4) is 0 Å². The van der Waals surface area contributed by atoms with E-state index < -0.39 is 5.82 Å². The van der Waals surface area contributed by atoms with Crippen LogP contribution in [0.1, 0.15) is 18.4 Å². The summed E-state index contributed by atoms with van der Waals surface area (Å²) in [5.74, 6) is -0.623. The number of aromatic hydroxyl groups is 1. The van der Waals surface area contributed by atoms with E-state index in [1.165, 1.54) is 12.1 Å². The van der Waals surface area contributed by atoms with Crippen molar-refractivity contribution in [2.75, 3.05) is 19.6 Å². The topological polar surface area (TPSA) is 43.8 Å². The first-order valence-corrected chi connectivity index (χ1v) is 6.63. The molecule has 1 amide bonds. The van der Waals surface area contributed by atoms with Gasteiger partial charge in [0.25, 0.3) is 0 Å². The molecule has 0 spiro atoms. The smallest absolute Gasteiger partial charge is 0.222 e. The number of halogens is 1. The molecule has 1 unspecified atom stereocenters. The molecule has 0 aromatic heterocycles. The maximum absolute atomic E-state index is 13.3. The molecule has 4 nitrogen and oxygen atoms in total. The van der Waals surface area contributed by atoms with E-state index >= 15 is 0 Å². The number of hydrogen-bond donors (Lipinski definition) is 1. The summed E-state index contributed by atoms with van der Waals surface area (Å²) in [5.41, 5.74) is 0.855. The van der Waals surface area contributed by atoms with E-state index in [-0.39, 0.29) is 11.7 Å². The molecule has 0 saturated carbocycles. The number of benzene rings is 1. The number of piperazine rings is 1. The lowest BCUT2D eigenvalue weighted by molar-refractivity contribution is -0.130. The first kappa shape index (κ1) is 12.4. The lowest BCUT2D eigenvalue weighted by Crippen LogP contribution is -2.50. The Labute approximate surface area is 111 Å². The monoisotopic (exact) mass is 264 g/mol. The van der Waals surface area contributed by atoms with Gasteiger partial charge in [0, 0.05) is 38.6 Å². The minimum Gasteiger partial charge on any atom is -0.505 e. The third kappa shape index (κ3) is 2.42. The summed E-state index contributed by atoms with van der Waals surface area (Å²) in [7, 11) is 0. The number of rotatable bonds is 2. The Kier molecular flexibility index (Phi) is 3.14. The van der Waals surface area contributed by atoms with Gasteiger partial charge in [-0.15, -0.1) is 0 Å². The minimum atomic E-state index is -0.577. The van der Waals surface area contributed by atoms with Gasteiger partial charge < -0.3 is 10.0 Å². The third-order valence-corrected chi connectivity index (χ3v) is 4.00. The summed E-state index contributed by atoms with van der Waals surface area (Å²) < 4.78 is 13.3. The van der Waals surface area contributed by atoms with Crippen LogP contribution < -0.4 is 0 Å². The molecular weight excluding hydrogens is 247 g/mol. The standard InChI is InChI=1S/C14H17FN2O2/c15-12-7-10(1-3-13(12)18)8-16-5-6-17-11(9-16)2-4-14(17)19/h1,3,7,11,18H,2,4-6,8-9H2. The number of phenolic OH excluding ortho intramolecular Hbond substituents is 1. The van der Waals surface area contributed by atoms with E-state index in [1.54, 1.807) is 6.07 Å². The van der Waals surface area contributed by atoms with Crippen LogP contribution in [0.2, 0.25) is 0 Å². The average Bonchev–Trinajstić information content (AvgIpc) is 2.75. The van der Waals surface area contributed by atoms with Crippen LogP contribution in [0.15, 0.2) is 18.2 Å². The van der Waals surface area contributed by atoms with Crippen molar-refractivity contribution in [2.24, 2.45) is 0 Å². The van der Waals surface area contributed by atoms with Gasteiger partial charge in [0.2, 0.25) is 5.91 Å². The average molecular weight is 264 g/mol. The SMILES string of the molecule is O=C1CCC2CN(Cc3ccc(O)c(F)c3)CCN12. The van der Waals surface area contributed by atoms with Crippen LogP contribution >= 0.6 is 0 Å². The Morgan fingerprint density at radius 3 is 3.00 bits per heavy atom. The molecule has 0 aliphatic carbocycles. The highest BCUT2D eigenvalue weighted by molar-refractivity contribution is 5.78.